The maximum Gasteiger partial charge on any atom is 0.295 e. The highest BCUT2D eigenvalue weighted by molar-refractivity contribution is 5.64. The number of benzene rings is 1. The molecule has 6 heteroatoms. The van der Waals surface area contributed by atoms with Crippen LogP contribution < -0.4 is 5.32 Å². The molecule has 2 aromatic rings. The van der Waals surface area contributed by atoms with Gasteiger partial charge in [-0.15, -0.1) is 0 Å². The lowest BCUT2D eigenvalue weighted by Gasteiger charge is -2.08. The van der Waals surface area contributed by atoms with E-state index in [1.54, 1.807) is 19.1 Å². The Balaban J connectivity index is 1.93. The number of H-pyrrole nitrogens is 1. The number of aromatic nitrogens is 2. The van der Waals surface area contributed by atoms with Crippen LogP contribution in [0, 0.1) is 24.0 Å². The largest absolute Gasteiger partial charge is 0.379 e. The fourth-order valence-corrected chi connectivity index (χ4v) is 2.17. The first-order valence-corrected chi connectivity index (χ1v) is 6.56. The maximum absolute atomic E-state index is 11.1. The molecule has 0 spiro atoms. The van der Waals surface area contributed by atoms with Gasteiger partial charge in [0.05, 0.1) is 11.1 Å². The second-order valence-corrected chi connectivity index (χ2v) is 4.78. The second kappa shape index (κ2) is 6.18. The van der Waals surface area contributed by atoms with Crippen molar-refractivity contribution in [3.05, 3.63) is 51.3 Å². The summed E-state index contributed by atoms with van der Waals surface area (Å²) in [5.74, 6) is 0. The third-order valence-corrected chi connectivity index (χ3v) is 3.29. The summed E-state index contributed by atoms with van der Waals surface area (Å²) in [6.45, 7) is 4.42. The summed E-state index contributed by atoms with van der Waals surface area (Å²) < 4.78 is 0. The van der Waals surface area contributed by atoms with E-state index in [9.17, 15) is 10.1 Å². The molecule has 0 fully saturated rings. The standard InChI is InChI=1S/C14H18N4O2/c1-10-5-3-7-13(14(10)18(19)20)15-8-4-6-12-9-16-17-11(12)2/h3,5,7,9,15H,4,6,8H2,1-2H3,(H,16,17). The van der Waals surface area contributed by atoms with E-state index in [1.807, 2.05) is 19.2 Å². The molecule has 1 aromatic heterocycles. The zero-order chi connectivity index (χ0) is 14.5. The van der Waals surface area contributed by atoms with Crippen LogP contribution in [0.2, 0.25) is 0 Å². The van der Waals surface area contributed by atoms with Crippen LogP contribution in [-0.2, 0) is 6.42 Å². The van der Waals surface area contributed by atoms with Crippen molar-refractivity contribution in [2.24, 2.45) is 0 Å². The highest BCUT2D eigenvalue weighted by Crippen LogP contribution is 2.27. The van der Waals surface area contributed by atoms with Gasteiger partial charge in [0.25, 0.3) is 5.69 Å². The number of anilines is 1. The van der Waals surface area contributed by atoms with Crippen LogP contribution in [-0.4, -0.2) is 21.7 Å². The number of hydrogen-bond donors (Lipinski definition) is 2. The van der Waals surface area contributed by atoms with Crippen molar-refractivity contribution in [2.45, 2.75) is 26.7 Å². The summed E-state index contributed by atoms with van der Waals surface area (Å²) in [5, 5.41) is 21.1. The molecule has 0 bridgehead atoms. The number of aromatic amines is 1. The number of aryl methyl sites for hydroxylation is 3. The molecule has 0 saturated heterocycles. The van der Waals surface area contributed by atoms with Gasteiger partial charge in [0.2, 0.25) is 0 Å². The molecule has 0 aliphatic rings. The van der Waals surface area contributed by atoms with Crippen molar-refractivity contribution in [2.75, 3.05) is 11.9 Å². The van der Waals surface area contributed by atoms with Gasteiger partial charge in [0, 0.05) is 17.8 Å². The van der Waals surface area contributed by atoms with Gasteiger partial charge >= 0.3 is 0 Å². The van der Waals surface area contributed by atoms with E-state index in [1.165, 1.54) is 5.56 Å². The van der Waals surface area contributed by atoms with Crippen molar-refractivity contribution in [3.8, 4) is 0 Å². The molecule has 20 heavy (non-hydrogen) atoms. The number of nitro groups is 1. The Morgan fingerprint density at radius 1 is 1.40 bits per heavy atom. The highest BCUT2D eigenvalue weighted by atomic mass is 16.6. The molecular formula is C14H18N4O2. The van der Waals surface area contributed by atoms with Gasteiger partial charge in [0.1, 0.15) is 5.69 Å². The first kappa shape index (κ1) is 14.0. The van der Waals surface area contributed by atoms with E-state index in [4.69, 9.17) is 0 Å². The van der Waals surface area contributed by atoms with Crippen LogP contribution in [0.5, 0.6) is 0 Å². The number of hydrogen-bond acceptors (Lipinski definition) is 4. The lowest BCUT2D eigenvalue weighted by Crippen LogP contribution is -2.06. The SMILES string of the molecule is Cc1cccc(NCCCc2cn[nH]c2C)c1[N+](=O)[O-]. The number of nitrogens with one attached hydrogen (secondary N) is 2. The van der Waals surface area contributed by atoms with E-state index in [0.29, 0.717) is 17.8 Å². The van der Waals surface area contributed by atoms with Crippen LogP contribution in [0.3, 0.4) is 0 Å². The van der Waals surface area contributed by atoms with Crippen LogP contribution in [0.4, 0.5) is 11.4 Å². The minimum Gasteiger partial charge on any atom is -0.379 e. The van der Waals surface area contributed by atoms with Gasteiger partial charge in [-0.2, -0.15) is 5.10 Å². The second-order valence-electron chi connectivity index (χ2n) is 4.78. The monoisotopic (exact) mass is 274 g/mol. The summed E-state index contributed by atoms with van der Waals surface area (Å²) >= 11 is 0. The van der Waals surface area contributed by atoms with Crippen LogP contribution in [0.25, 0.3) is 0 Å². The third-order valence-electron chi connectivity index (χ3n) is 3.29. The Bertz CT molecular complexity index is 607. The van der Waals surface area contributed by atoms with Crippen molar-refractivity contribution in [1.82, 2.24) is 10.2 Å². The van der Waals surface area contributed by atoms with Gasteiger partial charge in [-0.3, -0.25) is 15.2 Å². The zero-order valence-electron chi connectivity index (χ0n) is 11.6. The van der Waals surface area contributed by atoms with Gasteiger partial charge in [-0.25, -0.2) is 0 Å². The molecule has 2 N–H and O–H groups in total. The molecular weight excluding hydrogens is 256 g/mol. The Hall–Kier alpha value is -2.37. The Morgan fingerprint density at radius 3 is 2.85 bits per heavy atom. The fourth-order valence-electron chi connectivity index (χ4n) is 2.17. The molecule has 2 rings (SSSR count). The van der Waals surface area contributed by atoms with Crippen molar-refractivity contribution < 1.29 is 4.92 Å². The lowest BCUT2D eigenvalue weighted by molar-refractivity contribution is -0.384. The summed E-state index contributed by atoms with van der Waals surface area (Å²) in [7, 11) is 0. The lowest BCUT2D eigenvalue weighted by atomic mass is 10.1. The van der Waals surface area contributed by atoms with Crippen LogP contribution >= 0.6 is 0 Å². The summed E-state index contributed by atoms with van der Waals surface area (Å²) in [6.07, 6.45) is 3.62. The van der Waals surface area contributed by atoms with E-state index >= 15 is 0 Å². The van der Waals surface area contributed by atoms with Crippen molar-refractivity contribution in [3.63, 3.8) is 0 Å². The number of nitrogens with zero attached hydrogens (tertiary/aromatic N) is 2. The quantitative estimate of drug-likeness (QED) is 0.482. The minimum atomic E-state index is -0.335. The molecule has 1 aromatic carbocycles. The van der Waals surface area contributed by atoms with E-state index < -0.39 is 0 Å². The van der Waals surface area contributed by atoms with Crippen LogP contribution in [0.15, 0.2) is 24.4 Å². The number of nitro benzene ring substituents is 1. The molecule has 0 saturated carbocycles. The van der Waals surface area contributed by atoms with Gasteiger partial charge in [0.15, 0.2) is 0 Å². The smallest absolute Gasteiger partial charge is 0.295 e. The highest BCUT2D eigenvalue weighted by Gasteiger charge is 2.15. The summed E-state index contributed by atoms with van der Waals surface area (Å²) in [5.41, 5.74) is 3.67. The van der Waals surface area contributed by atoms with Gasteiger partial charge in [-0.05, 0) is 38.3 Å². The Kier molecular flexibility index (Phi) is 4.34. The molecule has 0 aliphatic heterocycles. The van der Waals surface area contributed by atoms with E-state index in [0.717, 1.165) is 18.5 Å². The maximum atomic E-state index is 11.1. The first-order valence-electron chi connectivity index (χ1n) is 6.56. The molecule has 0 amide bonds. The molecule has 106 valence electrons. The van der Waals surface area contributed by atoms with E-state index in [-0.39, 0.29) is 10.6 Å². The fraction of sp³-hybridized carbons (Fsp3) is 0.357. The minimum absolute atomic E-state index is 0.159. The Labute approximate surface area is 117 Å². The predicted molar refractivity (Wildman–Crippen MR) is 78.0 cm³/mol. The summed E-state index contributed by atoms with van der Waals surface area (Å²) in [4.78, 5) is 10.7. The molecule has 0 radical (unpaired) electrons. The van der Waals surface area contributed by atoms with Gasteiger partial charge < -0.3 is 5.32 Å². The zero-order valence-corrected chi connectivity index (χ0v) is 11.6. The normalized spacial score (nSPS) is 10.5. The average Bonchev–Trinajstić information content (AvgIpc) is 2.80. The Morgan fingerprint density at radius 2 is 2.20 bits per heavy atom. The van der Waals surface area contributed by atoms with Crippen LogP contribution in [0.1, 0.15) is 23.2 Å². The van der Waals surface area contributed by atoms with Gasteiger partial charge in [-0.1, -0.05) is 12.1 Å². The predicted octanol–water partition coefficient (Wildman–Crippen LogP) is 2.98. The topological polar surface area (TPSA) is 83.8 Å². The first-order chi connectivity index (χ1) is 9.59. The van der Waals surface area contributed by atoms with Crippen molar-refractivity contribution in [1.29, 1.82) is 0 Å². The molecule has 1 heterocycles. The summed E-state index contributed by atoms with van der Waals surface area (Å²) in [6, 6.07) is 5.32. The molecule has 0 aliphatic carbocycles. The van der Waals surface area contributed by atoms with E-state index in [2.05, 4.69) is 15.5 Å². The third kappa shape index (κ3) is 3.14. The number of para-hydroxylation sites is 1. The van der Waals surface area contributed by atoms with Crippen molar-refractivity contribution >= 4 is 11.4 Å². The average molecular weight is 274 g/mol. The molecule has 0 unspecified atom stereocenters. The number of rotatable bonds is 6. The molecule has 0 atom stereocenters. The molecule has 6 nitrogen and oxygen atoms in total.